The van der Waals surface area contributed by atoms with Crippen molar-refractivity contribution in [1.29, 1.82) is 0 Å². The van der Waals surface area contributed by atoms with Crippen molar-refractivity contribution in [1.82, 2.24) is 0 Å². The van der Waals surface area contributed by atoms with Gasteiger partial charge in [0, 0.05) is 0 Å². The van der Waals surface area contributed by atoms with E-state index in [1.807, 2.05) is 0 Å². The zero-order valence-corrected chi connectivity index (χ0v) is 9.14. The van der Waals surface area contributed by atoms with Gasteiger partial charge in [0.1, 0.15) is 7.28 Å². The molecule has 0 aromatic heterocycles. The van der Waals surface area contributed by atoms with Crippen LogP contribution >= 0.6 is 0 Å². The van der Waals surface area contributed by atoms with Crippen LogP contribution in [0.4, 0.5) is 0 Å². The Morgan fingerprint density at radius 1 is 1.33 bits per heavy atom. The maximum atomic E-state index is 2.45. The molecule has 1 heteroatoms. The van der Waals surface area contributed by atoms with Crippen LogP contribution < -0.4 is 0 Å². The van der Waals surface area contributed by atoms with E-state index in [2.05, 4.69) is 27.7 Å². The summed E-state index contributed by atoms with van der Waals surface area (Å²) in [4.78, 5) is 0. The highest BCUT2D eigenvalue weighted by atomic mass is 14.3. The topological polar surface area (TPSA) is 0 Å². The first-order valence-corrected chi connectivity index (χ1v) is 5.65. The van der Waals surface area contributed by atoms with Gasteiger partial charge >= 0.3 is 0 Å². The van der Waals surface area contributed by atoms with Crippen molar-refractivity contribution in [3.05, 3.63) is 0 Å². The normalized spacial score (nSPS) is 38.2. The quantitative estimate of drug-likeness (QED) is 0.563. The maximum absolute atomic E-state index is 2.45. The Bertz CT molecular complexity index is 133. The van der Waals surface area contributed by atoms with Crippen LogP contribution in [0.5, 0.6) is 0 Å². The highest BCUT2D eigenvalue weighted by molar-refractivity contribution is 6.39. The molecule has 1 aliphatic carbocycles. The fourth-order valence-electron chi connectivity index (χ4n) is 2.48. The van der Waals surface area contributed by atoms with Crippen molar-refractivity contribution >= 4 is 7.28 Å². The van der Waals surface area contributed by atoms with Crippen molar-refractivity contribution < 1.29 is 0 Å². The molecule has 1 fully saturated rings. The molecule has 12 heavy (non-hydrogen) atoms. The van der Waals surface area contributed by atoms with E-state index in [1.165, 1.54) is 26.5 Å². The zero-order chi connectivity index (χ0) is 9.14. The standard InChI is InChI=1S/C11H23B/c1-5-9(3)12-11-7-6-8(2)10(11)4/h8-12H,5-7H2,1-4H3. The van der Waals surface area contributed by atoms with E-state index in [9.17, 15) is 0 Å². The van der Waals surface area contributed by atoms with E-state index >= 15 is 0 Å². The van der Waals surface area contributed by atoms with E-state index in [1.54, 1.807) is 0 Å². The number of hydrogen-bond donors (Lipinski definition) is 0. The lowest BCUT2D eigenvalue weighted by Crippen LogP contribution is -2.13. The molecule has 4 unspecified atom stereocenters. The molecule has 0 aromatic rings. The molecule has 0 radical (unpaired) electrons. The van der Waals surface area contributed by atoms with E-state index in [0.29, 0.717) is 0 Å². The zero-order valence-electron chi connectivity index (χ0n) is 9.14. The van der Waals surface area contributed by atoms with Gasteiger partial charge in [-0.1, -0.05) is 58.6 Å². The molecule has 0 saturated heterocycles. The van der Waals surface area contributed by atoms with Crippen molar-refractivity contribution in [3.63, 3.8) is 0 Å². The third-order valence-corrected chi connectivity index (χ3v) is 4.04. The van der Waals surface area contributed by atoms with Gasteiger partial charge in [0.2, 0.25) is 0 Å². The van der Waals surface area contributed by atoms with Crippen molar-refractivity contribution in [2.75, 3.05) is 0 Å². The molecule has 0 nitrogen and oxygen atoms in total. The fraction of sp³-hybridized carbons (Fsp3) is 1.00. The second-order valence-corrected chi connectivity index (χ2v) is 4.92. The molecule has 0 N–H and O–H groups in total. The molecular weight excluding hydrogens is 143 g/mol. The molecule has 1 saturated carbocycles. The predicted octanol–water partition coefficient (Wildman–Crippen LogP) is 3.50. The van der Waals surface area contributed by atoms with Gasteiger partial charge in [-0.3, -0.25) is 0 Å². The maximum Gasteiger partial charge on any atom is 0.127 e. The Labute approximate surface area is 78.4 Å². The minimum Gasteiger partial charge on any atom is -0.0694 e. The van der Waals surface area contributed by atoms with Gasteiger partial charge < -0.3 is 0 Å². The molecule has 0 amide bonds. The van der Waals surface area contributed by atoms with Crippen LogP contribution in [0.1, 0.15) is 47.0 Å². The van der Waals surface area contributed by atoms with Crippen LogP contribution in [-0.4, -0.2) is 7.28 Å². The minimum atomic E-state index is 0.947. The molecule has 0 heterocycles. The molecule has 1 aliphatic rings. The highest BCUT2D eigenvalue weighted by Gasteiger charge is 2.30. The molecule has 70 valence electrons. The lowest BCUT2D eigenvalue weighted by molar-refractivity contribution is 0.454. The summed E-state index contributed by atoms with van der Waals surface area (Å²) in [6, 6.07) is 0. The Balaban J connectivity index is 2.33. The van der Waals surface area contributed by atoms with Gasteiger partial charge in [-0.25, -0.2) is 0 Å². The van der Waals surface area contributed by atoms with Crippen LogP contribution in [0.25, 0.3) is 0 Å². The van der Waals surface area contributed by atoms with Gasteiger partial charge in [0.15, 0.2) is 0 Å². The minimum absolute atomic E-state index is 0.947. The largest absolute Gasteiger partial charge is 0.127 e. The van der Waals surface area contributed by atoms with Crippen LogP contribution in [0.15, 0.2) is 0 Å². The van der Waals surface area contributed by atoms with Crippen LogP contribution in [0.3, 0.4) is 0 Å². The van der Waals surface area contributed by atoms with E-state index < -0.39 is 0 Å². The van der Waals surface area contributed by atoms with Gasteiger partial charge in [0.25, 0.3) is 0 Å². The summed E-state index contributed by atoms with van der Waals surface area (Å²) in [5.74, 6) is 3.95. The third kappa shape index (κ3) is 2.28. The summed E-state index contributed by atoms with van der Waals surface area (Å²) in [6.45, 7) is 9.58. The first-order chi connectivity index (χ1) is 5.65. The van der Waals surface area contributed by atoms with E-state index in [0.717, 1.165) is 23.5 Å². The summed E-state index contributed by atoms with van der Waals surface area (Å²) in [6.07, 6.45) is 4.33. The second kappa shape index (κ2) is 4.34. The third-order valence-electron chi connectivity index (χ3n) is 4.04. The van der Waals surface area contributed by atoms with Gasteiger partial charge in [-0.05, 0) is 11.8 Å². The number of hydrogen-bond acceptors (Lipinski definition) is 0. The van der Waals surface area contributed by atoms with Crippen molar-refractivity contribution in [2.24, 2.45) is 11.8 Å². The Kier molecular flexibility index (Phi) is 3.67. The van der Waals surface area contributed by atoms with Crippen LogP contribution in [0, 0.1) is 11.8 Å². The van der Waals surface area contributed by atoms with Gasteiger partial charge in [-0.2, -0.15) is 0 Å². The summed E-state index contributed by atoms with van der Waals surface area (Å²) >= 11 is 0. The van der Waals surface area contributed by atoms with Crippen molar-refractivity contribution in [3.8, 4) is 0 Å². The lowest BCUT2D eigenvalue weighted by Gasteiger charge is -2.19. The SMILES string of the molecule is CCC(C)BC1CCC(C)C1C. The summed E-state index contributed by atoms with van der Waals surface area (Å²) < 4.78 is 0. The van der Waals surface area contributed by atoms with Crippen LogP contribution in [0.2, 0.25) is 11.6 Å². The molecule has 4 atom stereocenters. The number of rotatable bonds is 3. The van der Waals surface area contributed by atoms with E-state index in [-0.39, 0.29) is 0 Å². The lowest BCUT2D eigenvalue weighted by atomic mass is 9.52. The fourth-order valence-corrected chi connectivity index (χ4v) is 2.48. The van der Waals surface area contributed by atoms with Crippen molar-refractivity contribution in [2.45, 2.75) is 58.6 Å². The molecule has 0 aliphatic heterocycles. The van der Waals surface area contributed by atoms with Crippen LogP contribution in [-0.2, 0) is 0 Å². The molecule has 0 spiro atoms. The summed E-state index contributed by atoms with van der Waals surface area (Å²) in [7, 11) is 1.47. The average molecular weight is 166 g/mol. The first kappa shape index (κ1) is 10.1. The molecule has 0 aromatic carbocycles. The second-order valence-electron chi connectivity index (χ2n) is 4.92. The Morgan fingerprint density at radius 3 is 2.42 bits per heavy atom. The Hall–Kier alpha value is 0.0649. The molecule has 1 rings (SSSR count). The monoisotopic (exact) mass is 166 g/mol. The summed E-state index contributed by atoms with van der Waals surface area (Å²) in [5.41, 5.74) is 0. The molecule has 0 bridgehead atoms. The Morgan fingerprint density at radius 2 is 2.00 bits per heavy atom. The molecular formula is C11H23B. The van der Waals surface area contributed by atoms with E-state index in [4.69, 9.17) is 0 Å². The predicted molar refractivity (Wildman–Crippen MR) is 58.2 cm³/mol. The van der Waals surface area contributed by atoms with Gasteiger partial charge in [0.05, 0.1) is 0 Å². The smallest absolute Gasteiger partial charge is 0.0694 e. The summed E-state index contributed by atoms with van der Waals surface area (Å²) in [5, 5.41) is 0. The highest BCUT2D eigenvalue weighted by Crippen LogP contribution is 2.41. The van der Waals surface area contributed by atoms with Gasteiger partial charge in [-0.15, -0.1) is 0 Å². The average Bonchev–Trinajstić information content (AvgIpc) is 2.36. The first-order valence-electron chi connectivity index (χ1n) is 5.65.